The Balaban J connectivity index is 1.55. The normalized spacial score (nSPS) is 12.7. The summed E-state index contributed by atoms with van der Waals surface area (Å²) in [6, 6.07) is 16.8. The number of amides is 1. The van der Waals surface area contributed by atoms with Gasteiger partial charge in [-0.05, 0) is 33.6 Å². The molecule has 2 heterocycles. The van der Waals surface area contributed by atoms with Crippen LogP contribution in [0.4, 0.5) is 5.82 Å². The highest BCUT2D eigenvalue weighted by Crippen LogP contribution is 2.34. The number of carbonyl (C=O) groups excluding carboxylic acids is 2. The predicted molar refractivity (Wildman–Crippen MR) is 142 cm³/mol. The van der Waals surface area contributed by atoms with Gasteiger partial charge in [0, 0.05) is 37.2 Å². The molecular weight excluding hydrogens is 452 g/mol. The van der Waals surface area contributed by atoms with Crippen LogP contribution in [0.25, 0.3) is 22.5 Å². The maximum Gasteiger partial charge on any atom is 0.306 e. The van der Waals surface area contributed by atoms with E-state index in [2.05, 4.69) is 72.6 Å². The van der Waals surface area contributed by atoms with Gasteiger partial charge in [-0.15, -0.1) is 0 Å². The number of nitrogens with zero attached hydrogens (tertiary/aromatic N) is 3. The Kier molecular flexibility index (Phi) is 8.31. The highest BCUT2D eigenvalue weighted by Gasteiger charge is 2.24. The number of esters is 1. The summed E-state index contributed by atoms with van der Waals surface area (Å²) in [5.41, 5.74) is 7.23. The molecule has 3 aromatic rings. The van der Waals surface area contributed by atoms with Gasteiger partial charge < -0.3 is 15.0 Å². The van der Waals surface area contributed by atoms with Crippen LogP contribution >= 0.6 is 0 Å². The van der Waals surface area contributed by atoms with Gasteiger partial charge in [-0.1, -0.05) is 59.7 Å². The SMILES string of the molecule is CCOC(=O)CCC(=O)NCCN1CCCc2nc(-c3ccc(C)cc3)c(-c3ccc(C)cc3)nc21. The Morgan fingerprint density at radius 1 is 0.917 bits per heavy atom. The van der Waals surface area contributed by atoms with E-state index in [-0.39, 0.29) is 24.7 Å². The lowest BCUT2D eigenvalue weighted by Gasteiger charge is -2.30. The Bertz CT molecular complexity index is 1210. The zero-order valence-electron chi connectivity index (χ0n) is 21.3. The molecular formula is C29H34N4O3. The molecule has 7 nitrogen and oxygen atoms in total. The van der Waals surface area contributed by atoms with Crippen molar-refractivity contribution in [3.63, 3.8) is 0 Å². The number of fused-ring (bicyclic) bond motifs is 1. The Morgan fingerprint density at radius 2 is 1.53 bits per heavy atom. The number of rotatable bonds is 9. The summed E-state index contributed by atoms with van der Waals surface area (Å²) in [7, 11) is 0. The first-order valence-corrected chi connectivity index (χ1v) is 12.7. The molecule has 0 saturated carbocycles. The zero-order chi connectivity index (χ0) is 25.5. The molecule has 1 N–H and O–H groups in total. The summed E-state index contributed by atoms with van der Waals surface area (Å²) >= 11 is 0. The maximum atomic E-state index is 12.2. The highest BCUT2D eigenvalue weighted by molar-refractivity contribution is 5.81. The smallest absolute Gasteiger partial charge is 0.306 e. The summed E-state index contributed by atoms with van der Waals surface area (Å²) in [4.78, 5) is 36.2. The fourth-order valence-electron chi connectivity index (χ4n) is 4.34. The van der Waals surface area contributed by atoms with Gasteiger partial charge >= 0.3 is 5.97 Å². The molecule has 1 amide bonds. The van der Waals surface area contributed by atoms with Gasteiger partial charge in [0.25, 0.3) is 0 Å². The van der Waals surface area contributed by atoms with Crippen LogP contribution in [0.15, 0.2) is 48.5 Å². The number of carbonyl (C=O) groups is 2. The van der Waals surface area contributed by atoms with E-state index in [1.54, 1.807) is 6.92 Å². The number of ether oxygens (including phenoxy) is 1. The topological polar surface area (TPSA) is 84.4 Å². The molecule has 7 heteroatoms. The number of hydrogen-bond acceptors (Lipinski definition) is 6. The molecule has 0 atom stereocenters. The molecule has 0 radical (unpaired) electrons. The first-order chi connectivity index (χ1) is 17.4. The van der Waals surface area contributed by atoms with E-state index in [0.29, 0.717) is 19.7 Å². The van der Waals surface area contributed by atoms with Gasteiger partial charge in [-0.25, -0.2) is 9.97 Å². The molecule has 4 rings (SSSR count). The molecule has 188 valence electrons. The van der Waals surface area contributed by atoms with E-state index in [0.717, 1.165) is 53.4 Å². The third kappa shape index (κ3) is 6.27. The van der Waals surface area contributed by atoms with Gasteiger partial charge in [0.15, 0.2) is 5.82 Å². The summed E-state index contributed by atoms with van der Waals surface area (Å²) < 4.78 is 4.89. The lowest BCUT2D eigenvalue weighted by atomic mass is 10.0. The predicted octanol–water partition coefficient (Wildman–Crippen LogP) is 4.64. The van der Waals surface area contributed by atoms with E-state index in [1.807, 2.05) is 0 Å². The van der Waals surface area contributed by atoms with Crippen molar-refractivity contribution in [1.29, 1.82) is 0 Å². The van der Waals surface area contributed by atoms with Crippen LogP contribution in [0.1, 0.15) is 43.0 Å². The van der Waals surface area contributed by atoms with Gasteiger partial charge in [-0.2, -0.15) is 0 Å². The second kappa shape index (κ2) is 11.8. The number of nitrogens with one attached hydrogen (secondary N) is 1. The third-order valence-electron chi connectivity index (χ3n) is 6.30. The Hall–Kier alpha value is -3.74. The third-order valence-corrected chi connectivity index (χ3v) is 6.30. The standard InChI is InChI=1S/C29H34N4O3/c1-4-36-26(35)16-15-25(34)30-17-19-33-18-5-6-24-29(33)32-28(23-13-9-21(3)10-14-23)27(31-24)22-11-7-20(2)8-12-22/h7-14H,4-6,15-19H2,1-3H3,(H,30,34). The molecule has 0 bridgehead atoms. The van der Waals surface area contributed by atoms with E-state index < -0.39 is 0 Å². The van der Waals surface area contributed by atoms with Crippen LogP contribution < -0.4 is 10.2 Å². The average Bonchev–Trinajstić information content (AvgIpc) is 2.88. The summed E-state index contributed by atoms with van der Waals surface area (Å²) in [6.45, 7) is 8.20. The lowest BCUT2D eigenvalue weighted by Crippen LogP contribution is -2.38. The summed E-state index contributed by atoms with van der Waals surface area (Å²) in [5.74, 6) is 0.385. The van der Waals surface area contributed by atoms with Crippen molar-refractivity contribution in [3.8, 4) is 22.5 Å². The van der Waals surface area contributed by atoms with Crippen LogP contribution in [-0.2, 0) is 20.7 Å². The first kappa shape index (κ1) is 25.4. The second-order valence-corrected chi connectivity index (χ2v) is 9.17. The van der Waals surface area contributed by atoms with Gasteiger partial charge in [0.2, 0.25) is 5.91 Å². The lowest BCUT2D eigenvalue weighted by molar-refractivity contribution is -0.144. The van der Waals surface area contributed by atoms with E-state index in [9.17, 15) is 9.59 Å². The summed E-state index contributed by atoms with van der Waals surface area (Å²) in [6.07, 6.45) is 2.08. The van der Waals surface area contributed by atoms with Crippen molar-refractivity contribution in [2.75, 3.05) is 31.1 Å². The molecule has 0 unspecified atom stereocenters. The first-order valence-electron chi connectivity index (χ1n) is 12.7. The molecule has 1 aliphatic heterocycles. The van der Waals surface area contributed by atoms with Crippen molar-refractivity contribution in [2.45, 2.75) is 46.5 Å². The highest BCUT2D eigenvalue weighted by atomic mass is 16.5. The largest absolute Gasteiger partial charge is 0.466 e. The van der Waals surface area contributed by atoms with Gasteiger partial charge in [-0.3, -0.25) is 9.59 Å². The Morgan fingerprint density at radius 3 is 2.14 bits per heavy atom. The molecule has 2 aromatic carbocycles. The minimum absolute atomic E-state index is 0.0966. The number of hydrogen-bond donors (Lipinski definition) is 1. The van der Waals surface area contributed by atoms with Crippen molar-refractivity contribution in [3.05, 3.63) is 65.4 Å². The molecule has 0 spiro atoms. The van der Waals surface area contributed by atoms with Gasteiger partial charge in [0.05, 0.1) is 30.1 Å². The van der Waals surface area contributed by atoms with Crippen LogP contribution in [0, 0.1) is 13.8 Å². The van der Waals surface area contributed by atoms with Crippen LogP contribution in [0.2, 0.25) is 0 Å². The molecule has 1 aliphatic rings. The minimum Gasteiger partial charge on any atom is -0.466 e. The number of anilines is 1. The summed E-state index contributed by atoms with van der Waals surface area (Å²) in [5, 5.41) is 2.92. The van der Waals surface area contributed by atoms with Crippen molar-refractivity contribution in [1.82, 2.24) is 15.3 Å². The van der Waals surface area contributed by atoms with Crippen molar-refractivity contribution < 1.29 is 14.3 Å². The van der Waals surface area contributed by atoms with Crippen molar-refractivity contribution >= 4 is 17.7 Å². The van der Waals surface area contributed by atoms with E-state index >= 15 is 0 Å². The molecule has 0 fully saturated rings. The molecule has 0 saturated heterocycles. The Labute approximate surface area is 212 Å². The number of aryl methyl sites for hydroxylation is 3. The van der Waals surface area contributed by atoms with Crippen LogP contribution in [0.5, 0.6) is 0 Å². The van der Waals surface area contributed by atoms with Crippen molar-refractivity contribution in [2.24, 2.45) is 0 Å². The molecule has 0 aliphatic carbocycles. The maximum absolute atomic E-state index is 12.2. The minimum atomic E-state index is -0.346. The molecule has 1 aromatic heterocycles. The average molecular weight is 487 g/mol. The van der Waals surface area contributed by atoms with E-state index in [4.69, 9.17) is 14.7 Å². The van der Waals surface area contributed by atoms with E-state index in [1.165, 1.54) is 11.1 Å². The zero-order valence-corrected chi connectivity index (χ0v) is 21.3. The fourth-order valence-corrected chi connectivity index (χ4v) is 4.34. The fraction of sp³-hybridized carbons (Fsp3) is 0.379. The van der Waals surface area contributed by atoms with Crippen LogP contribution in [0.3, 0.4) is 0 Å². The number of aromatic nitrogens is 2. The molecule has 36 heavy (non-hydrogen) atoms. The quantitative estimate of drug-likeness (QED) is 0.444. The number of benzene rings is 2. The van der Waals surface area contributed by atoms with Crippen LogP contribution in [-0.4, -0.2) is 48.1 Å². The van der Waals surface area contributed by atoms with Gasteiger partial charge in [0.1, 0.15) is 0 Å². The monoisotopic (exact) mass is 486 g/mol. The second-order valence-electron chi connectivity index (χ2n) is 9.17.